The summed E-state index contributed by atoms with van der Waals surface area (Å²) >= 11 is 0. The van der Waals surface area contributed by atoms with E-state index < -0.39 is 5.97 Å². The molecule has 0 aliphatic rings. The predicted octanol–water partition coefficient (Wildman–Crippen LogP) is 8.92. The van der Waals surface area contributed by atoms with Crippen molar-refractivity contribution in [1.82, 2.24) is 0 Å². The Kier molecular flexibility index (Phi) is 24.7. The summed E-state index contributed by atoms with van der Waals surface area (Å²) in [5.74, 6) is -0.873. The van der Waals surface area contributed by atoms with Crippen LogP contribution in [-0.4, -0.2) is 37.5 Å². The molecule has 1 rings (SSSR count). The average Bonchev–Trinajstić information content (AvgIpc) is 2.92. The summed E-state index contributed by atoms with van der Waals surface area (Å²) in [5.41, 5.74) is 0.343. The third kappa shape index (κ3) is 22.5. The lowest BCUT2D eigenvalue weighted by atomic mass is 10.0. The first-order valence-corrected chi connectivity index (χ1v) is 16.1. The fraction of sp³-hybridized carbons (Fsp3) is 0.818. The second kappa shape index (κ2) is 27.1. The van der Waals surface area contributed by atoms with Crippen LogP contribution < -0.4 is 4.57 Å². The van der Waals surface area contributed by atoms with E-state index >= 15 is 0 Å². The number of ether oxygens (including phenoxy) is 2. The van der Waals surface area contributed by atoms with Crippen molar-refractivity contribution in [3.8, 4) is 0 Å². The van der Waals surface area contributed by atoms with Gasteiger partial charge >= 0.3 is 5.97 Å². The zero-order valence-corrected chi connectivity index (χ0v) is 24.8. The lowest BCUT2D eigenvalue weighted by molar-refractivity contribution is -0.697. The first-order chi connectivity index (χ1) is 18.7. The number of carbonyl (C=O) groups is 1. The van der Waals surface area contributed by atoms with Gasteiger partial charge in [-0.2, -0.15) is 0 Å². The van der Waals surface area contributed by atoms with Crippen LogP contribution in [0.2, 0.25) is 0 Å². The Morgan fingerprint density at radius 1 is 0.632 bits per heavy atom. The minimum atomic E-state index is -0.873. The van der Waals surface area contributed by atoms with E-state index in [2.05, 4.69) is 6.92 Å². The highest BCUT2D eigenvalue weighted by atomic mass is 16.5. The van der Waals surface area contributed by atoms with Gasteiger partial charge in [-0.25, -0.2) is 9.36 Å². The van der Waals surface area contributed by atoms with Gasteiger partial charge in [0.1, 0.15) is 12.1 Å². The number of carboxylic acid groups (broad SMARTS) is 1. The van der Waals surface area contributed by atoms with Crippen molar-refractivity contribution in [3.63, 3.8) is 0 Å². The molecule has 0 atom stereocenters. The predicted molar refractivity (Wildman–Crippen MR) is 158 cm³/mol. The van der Waals surface area contributed by atoms with Crippen LogP contribution in [0.25, 0.3) is 0 Å². The molecule has 0 spiro atoms. The van der Waals surface area contributed by atoms with Crippen LogP contribution in [0.15, 0.2) is 24.5 Å². The van der Waals surface area contributed by atoms with E-state index in [1.807, 2.05) is 10.8 Å². The largest absolute Gasteiger partial charge is 0.477 e. The maximum absolute atomic E-state index is 11.0. The van der Waals surface area contributed by atoms with Crippen LogP contribution in [0, 0.1) is 0 Å². The maximum Gasteiger partial charge on any atom is 0.341 e. The number of hydrogen-bond donors (Lipinski definition) is 1. The molecule has 0 aliphatic carbocycles. The molecule has 38 heavy (non-hydrogen) atoms. The van der Waals surface area contributed by atoms with Crippen molar-refractivity contribution < 1.29 is 23.9 Å². The van der Waals surface area contributed by atoms with E-state index in [0.29, 0.717) is 5.56 Å². The van der Waals surface area contributed by atoms with Crippen LogP contribution in [0.3, 0.4) is 0 Å². The monoisotopic (exact) mass is 534 g/mol. The molecular weight excluding hydrogens is 474 g/mol. The van der Waals surface area contributed by atoms with E-state index in [0.717, 1.165) is 65.1 Å². The van der Waals surface area contributed by atoms with Gasteiger partial charge in [0.25, 0.3) is 0 Å². The van der Waals surface area contributed by atoms with Gasteiger partial charge in [-0.1, -0.05) is 110 Å². The minimum absolute atomic E-state index is 0.343. The van der Waals surface area contributed by atoms with Crippen LogP contribution >= 0.6 is 0 Å². The molecule has 1 aromatic heterocycles. The van der Waals surface area contributed by atoms with E-state index in [4.69, 9.17) is 14.6 Å². The standard InChI is InChI=1S/C33H59NO4/c1-2-3-4-5-6-7-8-9-10-11-12-13-14-15-17-20-27-37-29-23-30-38-28-21-18-16-19-25-34-26-22-24-32(31-34)33(35)36/h22,24,26,31H,2-21,23,25,27-30H2,1H3/p+1. The van der Waals surface area contributed by atoms with Gasteiger partial charge in [0, 0.05) is 38.9 Å². The van der Waals surface area contributed by atoms with Crippen molar-refractivity contribution in [3.05, 3.63) is 30.1 Å². The molecule has 0 unspecified atom stereocenters. The molecule has 220 valence electrons. The molecule has 0 saturated carbocycles. The SMILES string of the molecule is CCCCCCCCCCCCCCCCCCOCCCOCCCCCC[n+]1cccc(C(=O)O)c1. The fourth-order valence-electron chi connectivity index (χ4n) is 4.86. The highest BCUT2D eigenvalue weighted by Crippen LogP contribution is 2.13. The van der Waals surface area contributed by atoms with Crippen LogP contribution in [0.1, 0.15) is 152 Å². The molecule has 0 fully saturated rings. The quantitative estimate of drug-likeness (QED) is 0.0823. The Bertz CT molecular complexity index is 652. The Hall–Kier alpha value is -1.46. The molecule has 1 aromatic rings. The summed E-state index contributed by atoms with van der Waals surface area (Å²) in [6.07, 6.45) is 31.5. The van der Waals surface area contributed by atoms with E-state index in [1.165, 1.54) is 103 Å². The lowest BCUT2D eigenvalue weighted by Crippen LogP contribution is -2.33. The summed E-state index contributed by atoms with van der Waals surface area (Å²) < 4.78 is 13.4. The van der Waals surface area contributed by atoms with Crippen LogP contribution in [0.4, 0.5) is 0 Å². The second-order valence-corrected chi connectivity index (χ2v) is 10.9. The number of hydrogen-bond acceptors (Lipinski definition) is 3. The molecule has 0 aliphatic heterocycles. The summed E-state index contributed by atoms with van der Waals surface area (Å²) in [6.45, 7) is 6.46. The van der Waals surface area contributed by atoms with E-state index in [9.17, 15) is 4.79 Å². The third-order valence-corrected chi connectivity index (χ3v) is 7.28. The average molecular weight is 535 g/mol. The van der Waals surface area contributed by atoms with Gasteiger partial charge in [-0.05, 0) is 31.7 Å². The van der Waals surface area contributed by atoms with Crippen molar-refractivity contribution in [2.75, 3.05) is 26.4 Å². The van der Waals surface area contributed by atoms with Crippen molar-refractivity contribution in [1.29, 1.82) is 0 Å². The van der Waals surface area contributed by atoms with Gasteiger partial charge in [0.15, 0.2) is 12.4 Å². The first-order valence-electron chi connectivity index (χ1n) is 16.1. The minimum Gasteiger partial charge on any atom is -0.477 e. The van der Waals surface area contributed by atoms with Gasteiger partial charge in [0.2, 0.25) is 0 Å². The summed E-state index contributed by atoms with van der Waals surface area (Å²) in [5, 5.41) is 9.05. The molecule has 0 amide bonds. The van der Waals surface area contributed by atoms with Gasteiger partial charge < -0.3 is 14.6 Å². The van der Waals surface area contributed by atoms with Crippen LogP contribution in [0.5, 0.6) is 0 Å². The number of unbranched alkanes of at least 4 members (excludes halogenated alkanes) is 18. The summed E-state index contributed by atoms with van der Waals surface area (Å²) in [6, 6.07) is 3.42. The highest BCUT2D eigenvalue weighted by Gasteiger charge is 2.08. The number of aromatic nitrogens is 1. The molecular formula is C33H60NO4+. The van der Waals surface area contributed by atoms with Gasteiger partial charge in [0.05, 0.1) is 0 Å². The van der Waals surface area contributed by atoms with Gasteiger partial charge in [-0.3, -0.25) is 0 Å². The normalized spacial score (nSPS) is 11.3. The number of carboxylic acids is 1. The zero-order valence-electron chi connectivity index (χ0n) is 24.8. The van der Waals surface area contributed by atoms with Crippen molar-refractivity contribution >= 4 is 5.97 Å². The van der Waals surface area contributed by atoms with Crippen molar-refractivity contribution in [2.24, 2.45) is 0 Å². The fourth-order valence-corrected chi connectivity index (χ4v) is 4.86. The molecule has 0 radical (unpaired) electrons. The summed E-state index contributed by atoms with van der Waals surface area (Å²) in [7, 11) is 0. The maximum atomic E-state index is 11.0. The number of rotatable bonds is 29. The topological polar surface area (TPSA) is 59.6 Å². The summed E-state index contributed by atoms with van der Waals surface area (Å²) in [4.78, 5) is 11.0. The Morgan fingerprint density at radius 2 is 1.05 bits per heavy atom. The smallest absolute Gasteiger partial charge is 0.341 e. The zero-order chi connectivity index (χ0) is 27.4. The first kappa shape index (κ1) is 34.6. The number of aromatic carboxylic acids is 1. The lowest BCUT2D eigenvalue weighted by Gasteiger charge is -2.06. The van der Waals surface area contributed by atoms with E-state index in [1.54, 1.807) is 18.3 Å². The highest BCUT2D eigenvalue weighted by molar-refractivity contribution is 5.86. The number of pyridine rings is 1. The van der Waals surface area contributed by atoms with E-state index in [-0.39, 0.29) is 0 Å². The molecule has 0 bridgehead atoms. The van der Waals surface area contributed by atoms with Crippen LogP contribution in [-0.2, 0) is 16.0 Å². The molecule has 1 N–H and O–H groups in total. The second-order valence-electron chi connectivity index (χ2n) is 10.9. The van der Waals surface area contributed by atoms with Crippen molar-refractivity contribution in [2.45, 2.75) is 148 Å². The molecule has 1 heterocycles. The molecule has 5 heteroatoms. The molecule has 5 nitrogen and oxygen atoms in total. The number of aryl methyl sites for hydroxylation is 1. The molecule has 0 saturated heterocycles. The Labute approximate surface area is 234 Å². The Balaban J connectivity index is 1.70. The Morgan fingerprint density at radius 3 is 1.53 bits per heavy atom. The third-order valence-electron chi connectivity index (χ3n) is 7.28. The number of nitrogens with zero attached hydrogens (tertiary/aromatic N) is 1. The van der Waals surface area contributed by atoms with Gasteiger partial charge in [-0.15, -0.1) is 0 Å². The molecule has 0 aromatic carbocycles.